The number of aromatic nitrogens is 4. The van der Waals surface area contributed by atoms with Gasteiger partial charge in [-0.15, -0.1) is 10.2 Å². The second-order valence-electron chi connectivity index (χ2n) is 6.91. The van der Waals surface area contributed by atoms with Crippen LogP contribution in [0.3, 0.4) is 0 Å². The number of nitrogens with zero attached hydrogens (tertiary/aromatic N) is 3. The molecule has 4 aromatic rings. The fourth-order valence-corrected chi connectivity index (χ4v) is 3.95. The standard InChI is InChI=1S/C20H20BrN5O/c1-11(2)16-5-4-15(9-17(16)21)22-10-14-8-18-13(6-12(14)3)7-19(27-18)20-23-25-26-24-20/h4-9,11,22H,10H2,1-3H3,(H,23,24,25,26). The number of nitrogens with one attached hydrogen (secondary N) is 2. The van der Waals surface area contributed by atoms with Crippen LogP contribution in [-0.4, -0.2) is 20.6 Å². The number of fused-ring (bicyclic) bond motifs is 1. The first kappa shape index (κ1) is 17.7. The van der Waals surface area contributed by atoms with Gasteiger partial charge in [-0.2, -0.15) is 5.21 Å². The highest BCUT2D eigenvalue weighted by atomic mass is 79.9. The molecule has 7 heteroatoms. The maximum atomic E-state index is 5.90. The number of halogens is 1. The maximum absolute atomic E-state index is 5.90. The van der Waals surface area contributed by atoms with Gasteiger partial charge in [0.25, 0.3) is 0 Å². The number of hydrogen-bond donors (Lipinski definition) is 2. The summed E-state index contributed by atoms with van der Waals surface area (Å²) in [6.07, 6.45) is 0. The largest absolute Gasteiger partial charge is 0.453 e. The molecular weight excluding hydrogens is 406 g/mol. The summed E-state index contributed by atoms with van der Waals surface area (Å²) in [5.74, 6) is 1.56. The van der Waals surface area contributed by atoms with Crippen LogP contribution in [-0.2, 0) is 6.54 Å². The predicted molar refractivity (Wildman–Crippen MR) is 110 cm³/mol. The lowest BCUT2D eigenvalue weighted by Gasteiger charge is -2.13. The van der Waals surface area contributed by atoms with E-state index in [0.29, 0.717) is 24.0 Å². The molecule has 0 saturated carbocycles. The molecule has 0 amide bonds. The quantitative estimate of drug-likeness (QED) is 0.446. The van der Waals surface area contributed by atoms with E-state index in [4.69, 9.17) is 4.42 Å². The minimum atomic E-state index is 0.457. The van der Waals surface area contributed by atoms with Crippen LogP contribution in [0, 0.1) is 6.92 Å². The third kappa shape index (κ3) is 3.60. The van der Waals surface area contributed by atoms with Gasteiger partial charge in [0.2, 0.25) is 5.82 Å². The molecule has 2 N–H and O–H groups in total. The molecule has 2 aromatic heterocycles. The molecule has 0 saturated heterocycles. The number of hydrogen-bond acceptors (Lipinski definition) is 5. The highest BCUT2D eigenvalue weighted by Gasteiger charge is 2.12. The van der Waals surface area contributed by atoms with Crippen molar-refractivity contribution < 1.29 is 4.42 Å². The van der Waals surface area contributed by atoms with E-state index < -0.39 is 0 Å². The Morgan fingerprint density at radius 3 is 2.74 bits per heavy atom. The van der Waals surface area contributed by atoms with Gasteiger partial charge in [0, 0.05) is 22.1 Å². The van der Waals surface area contributed by atoms with Crippen molar-refractivity contribution in [2.75, 3.05) is 5.32 Å². The number of furan rings is 1. The molecular formula is C20H20BrN5O. The number of benzene rings is 2. The molecule has 0 aliphatic heterocycles. The molecule has 0 spiro atoms. The van der Waals surface area contributed by atoms with Gasteiger partial charge in [-0.3, -0.25) is 0 Å². The fraction of sp³-hybridized carbons (Fsp3) is 0.250. The van der Waals surface area contributed by atoms with Crippen molar-refractivity contribution in [1.82, 2.24) is 20.6 Å². The molecule has 0 unspecified atom stereocenters. The zero-order valence-electron chi connectivity index (χ0n) is 15.4. The van der Waals surface area contributed by atoms with E-state index in [0.717, 1.165) is 21.1 Å². The SMILES string of the molecule is Cc1cc2cc(-c3nn[nH]n3)oc2cc1CNc1ccc(C(C)C)c(Br)c1. The van der Waals surface area contributed by atoms with E-state index in [2.05, 4.69) is 93.0 Å². The van der Waals surface area contributed by atoms with E-state index in [9.17, 15) is 0 Å². The minimum absolute atomic E-state index is 0.457. The highest BCUT2D eigenvalue weighted by molar-refractivity contribution is 9.10. The number of rotatable bonds is 5. The zero-order valence-corrected chi connectivity index (χ0v) is 17.0. The molecule has 2 aromatic carbocycles. The molecule has 0 fully saturated rings. The average Bonchev–Trinajstić information content (AvgIpc) is 3.28. The Morgan fingerprint density at radius 1 is 1.19 bits per heavy atom. The van der Waals surface area contributed by atoms with Crippen molar-refractivity contribution in [1.29, 1.82) is 0 Å². The molecule has 6 nitrogen and oxygen atoms in total. The van der Waals surface area contributed by atoms with Crippen LogP contribution in [0.25, 0.3) is 22.6 Å². The Hall–Kier alpha value is -2.67. The van der Waals surface area contributed by atoms with Crippen LogP contribution < -0.4 is 5.32 Å². The lowest BCUT2D eigenvalue weighted by Crippen LogP contribution is -2.02. The molecule has 0 bridgehead atoms. The summed E-state index contributed by atoms with van der Waals surface area (Å²) in [4.78, 5) is 0. The van der Waals surface area contributed by atoms with Gasteiger partial charge in [0.1, 0.15) is 5.58 Å². The Kier molecular flexibility index (Phi) is 4.70. The first-order valence-electron chi connectivity index (χ1n) is 8.81. The Balaban J connectivity index is 1.57. The van der Waals surface area contributed by atoms with Gasteiger partial charge in [-0.1, -0.05) is 35.8 Å². The highest BCUT2D eigenvalue weighted by Crippen LogP contribution is 2.30. The summed E-state index contributed by atoms with van der Waals surface area (Å²) in [6, 6.07) is 12.5. The van der Waals surface area contributed by atoms with Crippen LogP contribution in [0.15, 0.2) is 45.3 Å². The van der Waals surface area contributed by atoms with Crippen LogP contribution >= 0.6 is 15.9 Å². The fourth-order valence-electron chi connectivity index (χ4n) is 3.11. The topological polar surface area (TPSA) is 79.6 Å². The summed E-state index contributed by atoms with van der Waals surface area (Å²) in [5.41, 5.74) is 5.59. The van der Waals surface area contributed by atoms with E-state index >= 15 is 0 Å². The Labute approximate surface area is 165 Å². The second kappa shape index (κ2) is 7.15. The third-order valence-corrected chi connectivity index (χ3v) is 5.33. The van der Waals surface area contributed by atoms with Crippen LogP contribution in [0.5, 0.6) is 0 Å². The molecule has 0 atom stereocenters. The lowest BCUT2D eigenvalue weighted by molar-refractivity contribution is 0.625. The summed E-state index contributed by atoms with van der Waals surface area (Å²) >= 11 is 3.67. The van der Waals surface area contributed by atoms with Gasteiger partial charge >= 0.3 is 0 Å². The first-order valence-corrected chi connectivity index (χ1v) is 9.61. The smallest absolute Gasteiger partial charge is 0.239 e. The van der Waals surface area contributed by atoms with Crippen LogP contribution in [0.2, 0.25) is 0 Å². The van der Waals surface area contributed by atoms with Crippen molar-refractivity contribution in [2.45, 2.75) is 33.2 Å². The van der Waals surface area contributed by atoms with Gasteiger partial charge in [0.05, 0.1) is 0 Å². The third-order valence-electron chi connectivity index (χ3n) is 4.65. The molecule has 138 valence electrons. The monoisotopic (exact) mass is 425 g/mol. The van der Waals surface area contributed by atoms with E-state index in [1.165, 1.54) is 16.7 Å². The first-order chi connectivity index (χ1) is 13.0. The summed E-state index contributed by atoms with van der Waals surface area (Å²) in [5, 5.41) is 18.5. The lowest BCUT2D eigenvalue weighted by atomic mass is 10.0. The van der Waals surface area contributed by atoms with E-state index in [1.807, 2.05) is 6.07 Å². The number of aromatic amines is 1. The molecule has 2 heterocycles. The van der Waals surface area contributed by atoms with Crippen molar-refractivity contribution >= 4 is 32.6 Å². The van der Waals surface area contributed by atoms with E-state index in [-0.39, 0.29) is 0 Å². The van der Waals surface area contributed by atoms with Crippen molar-refractivity contribution in [2.24, 2.45) is 0 Å². The van der Waals surface area contributed by atoms with Crippen LogP contribution in [0.1, 0.15) is 36.5 Å². The van der Waals surface area contributed by atoms with Crippen molar-refractivity contribution in [3.63, 3.8) is 0 Å². The Morgan fingerprint density at radius 2 is 2.04 bits per heavy atom. The van der Waals surface area contributed by atoms with Crippen LogP contribution in [0.4, 0.5) is 5.69 Å². The number of aryl methyl sites for hydroxylation is 1. The van der Waals surface area contributed by atoms with Gasteiger partial charge in [-0.05, 0) is 65.1 Å². The molecule has 0 aliphatic carbocycles. The van der Waals surface area contributed by atoms with Crippen molar-refractivity contribution in [3.8, 4) is 11.6 Å². The summed E-state index contributed by atoms with van der Waals surface area (Å²) < 4.78 is 7.03. The summed E-state index contributed by atoms with van der Waals surface area (Å²) in [6.45, 7) is 7.21. The summed E-state index contributed by atoms with van der Waals surface area (Å²) in [7, 11) is 0. The van der Waals surface area contributed by atoms with Gasteiger partial charge in [-0.25, -0.2) is 0 Å². The molecule has 0 radical (unpaired) electrons. The minimum Gasteiger partial charge on any atom is -0.453 e. The molecule has 0 aliphatic rings. The number of H-pyrrole nitrogens is 1. The Bertz CT molecular complexity index is 1090. The van der Waals surface area contributed by atoms with Crippen molar-refractivity contribution in [3.05, 3.63) is 57.6 Å². The maximum Gasteiger partial charge on any atom is 0.239 e. The molecule has 4 rings (SSSR count). The van der Waals surface area contributed by atoms with Gasteiger partial charge < -0.3 is 9.73 Å². The second-order valence-corrected chi connectivity index (χ2v) is 7.76. The number of tetrazole rings is 1. The van der Waals surface area contributed by atoms with E-state index in [1.54, 1.807) is 0 Å². The average molecular weight is 426 g/mol. The predicted octanol–water partition coefficient (Wildman–Crippen LogP) is 5.42. The number of anilines is 1. The normalized spacial score (nSPS) is 11.4. The molecule has 27 heavy (non-hydrogen) atoms. The zero-order chi connectivity index (χ0) is 19.0. The van der Waals surface area contributed by atoms with Gasteiger partial charge in [0.15, 0.2) is 5.76 Å².